The zero-order chi connectivity index (χ0) is 8.04. The lowest BCUT2D eigenvalue weighted by molar-refractivity contribution is -0.777. The molecular formula is C6H15BN2Si+. The maximum absolute atomic E-state index is 8.39. The summed E-state index contributed by atoms with van der Waals surface area (Å²) in [5, 5.41) is 8.39. The minimum absolute atomic E-state index is 0.735. The van der Waals surface area contributed by atoms with Crippen molar-refractivity contribution < 1.29 is 4.39 Å². The largest absolute Gasteiger partial charge is 0.577 e. The summed E-state index contributed by atoms with van der Waals surface area (Å²) in [4.78, 5) is 0. The lowest BCUT2D eigenvalue weighted by Gasteiger charge is -2.25. The van der Waals surface area contributed by atoms with E-state index in [1.807, 2.05) is 0 Å². The SMILES string of the molecule is C[N+](C)([B]C#N)CCC[SiH3]. The number of hydrogen-bond acceptors (Lipinski definition) is 1. The lowest BCUT2D eigenvalue weighted by Crippen LogP contribution is -2.43. The number of rotatable bonds is 4. The van der Waals surface area contributed by atoms with Crippen LogP contribution in [0.3, 0.4) is 0 Å². The summed E-state index contributed by atoms with van der Waals surface area (Å²) in [6.45, 7) is 1.09. The van der Waals surface area contributed by atoms with E-state index in [0.29, 0.717) is 0 Å². The molecule has 0 aliphatic carbocycles. The second-order valence-corrected chi connectivity index (χ2v) is 4.11. The van der Waals surface area contributed by atoms with Crippen LogP contribution >= 0.6 is 0 Å². The van der Waals surface area contributed by atoms with Gasteiger partial charge in [0.2, 0.25) is 0 Å². The summed E-state index contributed by atoms with van der Waals surface area (Å²) in [5.74, 6) is 2.08. The molecule has 0 atom stereocenters. The summed E-state index contributed by atoms with van der Waals surface area (Å²) in [7, 11) is 7.07. The lowest BCUT2D eigenvalue weighted by atomic mass is 9.91. The highest BCUT2D eigenvalue weighted by Gasteiger charge is 2.17. The minimum Gasteiger partial charge on any atom is -0.386 e. The number of nitriles is 1. The van der Waals surface area contributed by atoms with Crippen LogP contribution in [0.15, 0.2) is 0 Å². The summed E-state index contributed by atoms with van der Waals surface area (Å²) in [6, 6.07) is 1.33. The molecule has 1 radical (unpaired) electrons. The summed E-state index contributed by atoms with van der Waals surface area (Å²) in [6.07, 6.45) is 1.25. The van der Waals surface area contributed by atoms with Gasteiger partial charge in [0, 0.05) is 24.3 Å². The molecule has 0 aliphatic heterocycles. The van der Waals surface area contributed by atoms with Gasteiger partial charge in [-0.15, -0.1) is 0 Å². The van der Waals surface area contributed by atoms with Gasteiger partial charge in [-0.05, 0) is 6.42 Å². The molecule has 0 bridgehead atoms. The molecule has 10 heavy (non-hydrogen) atoms. The van der Waals surface area contributed by atoms with Crippen LogP contribution in [0.1, 0.15) is 6.42 Å². The van der Waals surface area contributed by atoms with Crippen molar-refractivity contribution in [3.8, 4) is 5.97 Å². The standard InChI is InChI=1S/C6H15BN2Si/c1-9(2,7-6-8)4-3-5-10/h3-5H2,1-2,10H3/q+1. The van der Waals surface area contributed by atoms with E-state index >= 15 is 0 Å². The number of nitrogens with zero attached hydrogens (tertiary/aromatic N) is 2. The Bertz CT molecular complexity index is 130. The molecule has 0 fully saturated rings. The smallest absolute Gasteiger partial charge is 0.386 e. The van der Waals surface area contributed by atoms with E-state index in [9.17, 15) is 0 Å². The quantitative estimate of drug-likeness (QED) is 0.493. The van der Waals surface area contributed by atoms with Gasteiger partial charge < -0.3 is 4.39 Å². The fourth-order valence-corrected chi connectivity index (χ4v) is 1.10. The molecule has 2 nitrogen and oxygen atoms in total. The molecule has 0 aromatic rings. The molecule has 0 saturated carbocycles. The maximum atomic E-state index is 8.39. The normalized spacial score (nSPS) is 10.9. The van der Waals surface area contributed by atoms with Gasteiger partial charge in [-0.3, -0.25) is 0 Å². The van der Waals surface area contributed by atoms with Crippen LogP contribution < -0.4 is 0 Å². The van der Waals surface area contributed by atoms with Crippen LogP contribution in [-0.2, 0) is 0 Å². The molecule has 0 unspecified atom stereocenters. The van der Waals surface area contributed by atoms with E-state index in [2.05, 4.69) is 20.1 Å². The zero-order valence-electron chi connectivity index (χ0n) is 7.09. The van der Waals surface area contributed by atoms with Crippen LogP contribution in [0.2, 0.25) is 6.04 Å². The molecule has 0 amide bonds. The molecule has 0 aromatic heterocycles. The third-order valence-electron chi connectivity index (χ3n) is 1.50. The molecular weight excluding hydrogens is 139 g/mol. The van der Waals surface area contributed by atoms with Crippen molar-refractivity contribution in [1.82, 2.24) is 0 Å². The van der Waals surface area contributed by atoms with Gasteiger partial charge in [-0.25, -0.2) is 5.26 Å². The van der Waals surface area contributed by atoms with Gasteiger partial charge in [0.1, 0.15) is 0 Å². The monoisotopic (exact) mass is 154 g/mol. The Balaban J connectivity index is 3.55. The van der Waals surface area contributed by atoms with Gasteiger partial charge in [0.15, 0.2) is 0 Å². The van der Waals surface area contributed by atoms with Gasteiger partial charge in [-0.2, -0.15) is 0 Å². The van der Waals surface area contributed by atoms with Crippen molar-refractivity contribution in [1.29, 1.82) is 5.26 Å². The Hall–Kier alpha value is -0.268. The second kappa shape index (κ2) is 4.53. The van der Waals surface area contributed by atoms with Crippen molar-refractivity contribution in [3.05, 3.63) is 0 Å². The van der Waals surface area contributed by atoms with Crippen LogP contribution in [-0.4, -0.2) is 42.7 Å². The fourth-order valence-electron chi connectivity index (χ4n) is 0.786. The Morgan fingerprint density at radius 2 is 2.20 bits per heavy atom. The van der Waals surface area contributed by atoms with E-state index in [1.54, 1.807) is 7.41 Å². The van der Waals surface area contributed by atoms with E-state index in [4.69, 9.17) is 5.26 Å². The Morgan fingerprint density at radius 3 is 2.60 bits per heavy atom. The molecule has 0 heterocycles. The van der Waals surface area contributed by atoms with Crippen molar-refractivity contribution in [2.45, 2.75) is 12.5 Å². The second-order valence-electron chi connectivity index (χ2n) is 3.11. The van der Waals surface area contributed by atoms with E-state index < -0.39 is 0 Å². The van der Waals surface area contributed by atoms with Crippen LogP contribution in [0.25, 0.3) is 0 Å². The summed E-state index contributed by atoms with van der Waals surface area (Å²) in [5.41, 5.74) is 0. The first kappa shape index (κ1) is 9.73. The fraction of sp³-hybridized carbons (Fsp3) is 0.833. The van der Waals surface area contributed by atoms with Gasteiger partial charge in [0.25, 0.3) is 0 Å². The first-order valence-corrected chi connectivity index (χ1v) is 5.10. The molecule has 0 aromatic carbocycles. The summed E-state index contributed by atoms with van der Waals surface area (Å²) >= 11 is 0. The molecule has 0 spiro atoms. The Kier molecular flexibility index (Phi) is 4.41. The van der Waals surface area contributed by atoms with Gasteiger partial charge in [0.05, 0.1) is 12.5 Å². The van der Waals surface area contributed by atoms with Gasteiger partial charge in [-0.1, -0.05) is 6.04 Å². The third kappa shape index (κ3) is 4.60. The topological polar surface area (TPSA) is 23.8 Å². The van der Waals surface area contributed by atoms with Crippen LogP contribution in [0.5, 0.6) is 0 Å². The third-order valence-corrected chi connectivity index (χ3v) is 2.20. The van der Waals surface area contributed by atoms with Crippen molar-refractivity contribution in [2.24, 2.45) is 0 Å². The van der Waals surface area contributed by atoms with Crippen LogP contribution in [0, 0.1) is 11.2 Å². The first-order valence-electron chi connectivity index (χ1n) is 3.69. The molecule has 0 N–H and O–H groups in total. The highest BCUT2D eigenvalue weighted by atomic mass is 28.1. The zero-order valence-corrected chi connectivity index (χ0v) is 9.09. The molecule has 4 heteroatoms. The number of quaternary nitrogens is 1. The Morgan fingerprint density at radius 1 is 1.60 bits per heavy atom. The van der Waals surface area contributed by atoms with E-state index in [0.717, 1.165) is 10.9 Å². The predicted molar refractivity (Wildman–Crippen MR) is 47.7 cm³/mol. The number of hydrogen-bond donors (Lipinski definition) is 0. The minimum atomic E-state index is 0.735. The molecule has 55 valence electrons. The average Bonchev–Trinajstić information content (AvgIpc) is 1.84. The molecule has 0 aliphatic rings. The van der Waals surface area contributed by atoms with E-state index in [-0.39, 0.29) is 0 Å². The van der Waals surface area contributed by atoms with Crippen LogP contribution in [0.4, 0.5) is 0 Å². The van der Waals surface area contributed by atoms with E-state index in [1.165, 1.54) is 22.7 Å². The predicted octanol–water partition coefficient (Wildman–Crippen LogP) is -0.663. The van der Waals surface area contributed by atoms with Crippen molar-refractivity contribution >= 4 is 17.7 Å². The first-order chi connectivity index (χ1) is 4.62. The Labute approximate surface area is 67.1 Å². The average molecular weight is 154 g/mol. The highest BCUT2D eigenvalue weighted by Crippen LogP contribution is 1.97. The van der Waals surface area contributed by atoms with Crippen molar-refractivity contribution in [2.75, 3.05) is 20.6 Å². The van der Waals surface area contributed by atoms with Crippen molar-refractivity contribution in [3.63, 3.8) is 0 Å². The summed E-state index contributed by atoms with van der Waals surface area (Å²) < 4.78 is 0.735. The maximum Gasteiger partial charge on any atom is 0.577 e. The molecule has 0 saturated heterocycles. The molecule has 0 rings (SSSR count). The highest BCUT2D eigenvalue weighted by molar-refractivity contribution is 6.36. The van der Waals surface area contributed by atoms with Gasteiger partial charge >= 0.3 is 7.41 Å².